The summed E-state index contributed by atoms with van der Waals surface area (Å²) in [5, 5.41) is 16.9. The van der Waals surface area contributed by atoms with Crippen LogP contribution in [-0.4, -0.2) is 48.1 Å². The molecule has 0 bridgehead atoms. The number of benzene rings is 2. The van der Waals surface area contributed by atoms with E-state index in [0.29, 0.717) is 0 Å². The number of carbonyl (C=O) groups is 2. The molecular weight excluding hydrogens is 505 g/mol. The van der Waals surface area contributed by atoms with Gasteiger partial charge >= 0.3 is 39.2 Å². The third-order valence-corrected chi connectivity index (χ3v) is 4.48. The Morgan fingerprint density at radius 1 is 0.630 bits per heavy atom. The van der Waals surface area contributed by atoms with Crippen LogP contribution < -0.4 is 0 Å². The summed E-state index contributed by atoms with van der Waals surface area (Å²) in [7, 11) is -8.98. The molecule has 0 heterocycles. The predicted molar refractivity (Wildman–Crippen MR) is 82.7 cm³/mol. The molecule has 0 spiro atoms. The molecular formula is C14H10CdO10S2. The van der Waals surface area contributed by atoms with Gasteiger partial charge in [0.1, 0.15) is 20.2 Å². The Kier molecular flexibility index (Phi) is 9.20. The molecule has 2 rings (SSSR count). The summed E-state index contributed by atoms with van der Waals surface area (Å²) in [6.07, 6.45) is 0. The minimum Gasteiger partial charge on any atom is -0.744 e. The fraction of sp³-hybridized carbons (Fsp3) is 0. The van der Waals surface area contributed by atoms with E-state index in [1.165, 1.54) is 0 Å². The molecule has 2 aromatic carbocycles. The molecule has 0 amide bonds. The van der Waals surface area contributed by atoms with Crippen molar-refractivity contribution in [3.05, 3.63) is 59.7 Å². The summed E-state index contributed by atoms with van der Waals surface area (Å²) < 4.78 is 62.5. The van der Waals surface area contributed by atoms with Gasteiger partial charge in [0, 0.05) is 0 Å². The maximum absolute atomic E-state index is 10.4. The normalized spacial score (nSPS) is 10.7. The van der Waals surface area contributed by atoms with Gasteiger partial charge < -0.3 is 19.3 Å². The second-order valence-corrected chi connectivity index (χ2v) is 7.33. The molecule has 0 fully saturated rings. The van der Waals surface area contributed by atoms with E-state index in [-0.39, 0.29) is 38.4 Å². The van der Waals surface area contributed by atoms with Gasteiger partial charge in [-0.3, -0.25) is 0 Å². The van der Waals surface area contributed by atoms with Crippen LogP contribution in [0.15, 0.2) is 58.3 Å². The molecule has 0 radical (unpaired) electrons. The Balaban J connectivity index is 0.000000483. The van der Waals surface area contributed by atoms with E-state index in [0.717, 1.165) is 48.5 Å². The molecule has 0 aliphatic rings. The molecule has 0 saturated carbocycles. The Bertz CT molecular complexity index is 925. The molecule has 10 nitrogen and oxygen atoms in total. The van der Waals surface area contributed by atoms with Gasteiger partial charge in [-0.25, -0.2) is 26.4 Å². The fourth-order valence-electron chi connectivity index (χ4n) is 1.53. The van der Waals surface area contributed by atoms with Gasteiger partial charge in [0.05, 0.1) is 20.9 Å². The number of rotatable bonds is 4. The van der Waals surface area contributed by atoms with E-state index in [2.05, 4.69) is 0 Å². The van der Waals surface area contributed by atoms with Crippen LogP contribution in [-0.2, 0) is 47.5 Å². The summed E-state index contributed by atoms with van der Waals surface area (Å²) >= 11 is 0. The number of aromatic carboxylic acids is 2. The van der Waals surface area contributed by atoms with Crippen LogP contribution in [0.3, 0.4) is 0 Å². The van der Waals surface area contributed by atoms with Gasteiger partial charge in [-0.2, -0.15) is 0 Å². The van der Waals surface area contributed by atoms with Gasteiger partial charge in [0.25, 0.3) is 0 Å². The van der Waals surface area contributed by atoms with Gasteiger partial charge in [-0.1, -0.05) is 0 Å². The van der Waals surface area contributed by atoms with Crippen molar-refractivity contribution in [1.29, 1.82) is 0 Å². The van der Waals surface area contributed by atoms with Gasteiger partial charge in [0.2, 0.25) is 0 Å². The smallest absolute Gasteiger partial charge is 0.744 e. The Morgan fingerprint density at radius 2 is 0.852 bits per heavy atom. The Labute approximate surface area is 174 Å². The maximum Gasteiger partial charge on any atom is 2.00 e. The van der Waals surface area contributed by atoms with Crippen LogP contribution in [0.5, 0.6) is 0 Å². The fourth-order valence-corrected chi connectivity index (χ4v) is 2.47. The van der Waals surface area contributed by atoms with Crippen LogP contribution >= 0.6 is 0 Å². The molecule has 2 aromatic rings. The topological polar surface area (TPSA) is 189 Å². The zero-order valence-electron chi connectivity index (χ0n) is 13.3. The van der Waals surface area contributed by atoms with Crippen molar-refractivity contribution in [3.63, 3.8) is 0 Å². The first kappa shape index (κ1) is 25.1. The average Bonchev–Trinajstić information content (AvgIpc) is 2.54. The quantitative estimate of drug-likeness (QED) is 0.431. The van der Waals surface area contributed by atoms with Gasteiger partial charge in [-0.05, 0) is 48.5 Å². The van der Waals surface area contributed by atoms with E-state index >= 15 is 0 Å². The average molecular weight is 515 g/mol. The van der Waals surface area contributed by atoms with Crippen LogP contribution in [0, 0.1) is 0 Å². The molecule has 0 unspecified atom stereocenters. The van der Waals surface area contributed by atoms with E-state index in [1.807, 2.05) is 0 Å². The number of hydrogen-bond donors (Lipinski definition) is 2. The standard InChI is InChI=1S/2C7H6O5S.Cd/c2*8-7(9)5-1-3-6(4-2-5)13(10,11)12;/h2*1-4H,(H,8,9)(H,10,11,12);/q;;+2/p-2. The predicted octanol–water partition coefficient (Wildman–Crippen LogP) is 0.575. The number of hydrogen-bond acceptors (Lipinski definition) is 8. The second-order valence-electron chi connectivity index (χ2n) is 4.57. The molecule has 140 valence electrons. The zero-order chi connectivity index (χ0) is 20.1. The first-order chi connectivity index (χ1) is 11.8. The van der Waals surface area contributed by atoms with Crippen molar-refractivity contribution in [2.24, 2.45) is 0 Å². The van der Waals surface area contributed by atoms with Crippen molar-refractivity contribution < 1.29 is 73.0 Å². The van der Waals surface area contributed by atoms with Crippen molar-refractivity contribution in [1.82, 2.24) is 0 Å². The molecule has 2 N–H and O–H groups in total. The van der Waals surface area contributed by atoms with E-state index < -0.39 is 42.0 Å². The maximum atomic E-state index is 10.4. The van der Waals surface area contributed by atoms with Crippen molar-refractivity contribution in [3.8, 4) is 0 Å². The molecule has 27 heavy (non-hydrogen) atoms. The van der Waals surface area contributed by atoms with E-state index in [4.69, 9.17) is 10.2 Å². The van der Waals surface area contributed by atoms with Gasteiger partial charge in [-0.15, -0.1) is 0 Å². The monoisotopic (exact) mass is 516 g/mol. The van der Waals surface area contributed by atoms with Crippen molar-refractivity contribution in [2.45, 2.75) is 9.79 Å². The molecule has 13 heteroatoms. The molecule has 0 aliphatic carbocycles. The first-order valence-corrected chi connectivity index (χ1v) is 9.22. The third kappa shape index (κ3) is 8.12. The van der Waals surface area contributed by atoms with Crippen LogP contribution in [0.1, 0.15) is 20.7 Å². The summed E-state index contributed by atoms with van der Waals surface area (Å²) in [6.45, 7) is 0. The van der Waals surface area contributed by atoms with Crippen LogP contribution in [0.4, 0.5) is 0 Å². The minimum absolute atomic E-state index is 0. The molecule has 0 saturated heterocycles. The summed E-state index contributed by atoms with van der Waals surface area (Å²) in [5.74, 6) is -2.34. The number of carboxylic acid groups (broad SMARTS) is 2. The summed E-state index contributed by atoms with van der Waals surface area (Å²) in [4.78, 5) is 19.8. The second kappa shape index (κ2) is 9.88. The molecule has 0 aliphatic heterocycles. The number of carboxylic acids is 2. The SMILES string of the molecule is O=C(O)c1ccc(S(=O)(=O)[O-])cc1.O=C(O)c1ccc(S(=O)(=O)[O-])cc1.[Cd+2]. The van der Waals surface area contributed by atoms with Gasteiger partial charge in [0.15, 0.2) is 0 Å². The van der Waals surface area contributed by atoms with E-state index in [1.54, 1.807) is 0 Å². The summed E-state index contributed by atoms with van der Waals surface area (Å²) in [6, 6.07) is 8.11. The largest absolute Gasteiger partial charge is 2.00 e. The third-order valence-electron chi connectivity index (χ3n) is 2.78. The van der Waals surface area contributed by atoms with E-state index in [9.17, 15) is 35.5 Å². The van der Waals surface area contributed by atoms with Crippen LogP contribution in [0.2, 0.25) is 0 Å². The first-order valence-electron chi connectivity index (χ1n) is 6.41. The van der Waals surface area contributed by atoms with Crippen molar-refractivity contribution >= 4 is 32.2 Å². The summed E-state index contributed by atoms with van der Waals surface area (Å²) in [5.41, 5.74) is -0.125. The van der Waals surface area contributed by atoms with Crippen molar-refractivity contribution in [2.75, 3.05) is 0 Å². The molecule has 0 aromatic heterocycles. The zero-order valence-corrected chi connectivity index (χ0v) is 19.0. The Morgan fingerprint density at radius 3 is 1.00 bits per heavy atom. The molecule has 0 atom stereocenters. The van der Waals surface area contributed by atoms with Crippen LogP contribution in [0.25, 0.3) is 0 Å². The minimum atomic E-state index is -4.49. The Hall–Kier alpha value is -1.88.